The van der Waals surface area contributed by atoms with Gasteiger partial charge in [-0.25, -0.2) is 9.59 Å². The first-order valence-electron chi connectivity index (χ1n) is 40.3. The van der Waals surface area contributed by atoms with E-state index >= 15 is 14.4 Å². The molecule has 3 unspecified atom stereocenters. The average molecular weight is 1780 g/mol. The number of ether oxygens (including phenoxy) is 5. The summed E-state index contributed by atoms with van der Waals surface area (Å²) >= 11 is 6.89. The van der Waals surface area contributed by atoms with E-state index in [1.165, 1.54) is 59.2 Å². The number of unbranched alkanes of at least 4 members (excludes halogenated alkanes) is 1. The Kier molecular flexibility index (Phi) is 35.6. The van der Waals surface area contributed by atoms with E-state index in [4.69, 9.17) is 52.5 Å². The maximum Gasteiger partial charge on any atom is 0.409 e. The number of anilines is 1. The number of methoxy groups -OCH3 is 2. The summed E-state index contributed by atoms with van der Waals surface area (Å²) in [5, 5.41) is 52.5. The molecule has 122 heavy (non-hydrogen) atoms. The van der Waals surface area contributed by atoms with Crippen LogP contribution in [0.3, 0.4) is 0 Å². The van der Waals surface area contributed by atoms with Crippen LogP contribution in [0.1, 0.15) is 114 Å². The maximum atomic E-state index is 15.1. The van der Waals surface area contributed by atoms with E-state index in [1.54, 1.807) is 80.6 Å². The molecule has 3 saturated heterocycles. The Morgan fingerprint density at radius 1 is 0.861 bits per heavy atom. The lowest BCUT2D eigenvalue weighted by Crippen LogP contribution is -2.63. The summed E-state index contributed by atoms with van der Waals surface area (Å²) in [5.41, 5.74) is 20.6. The summed E-state index contributed by atoms with van der Waals surface area (Å²) < 4.78 is 29.7. The lowest BCUT2D eigenvalue weighted by molar-refractivity contribution is -0.162. The van der Waals surface area contributed by atoms with E-state index in [-0.39, 0.29) is 96.7 Å². The number of nitrogens with one attached hydrogen (secondary N) is 7. The standard InChI is InChI=1S/C85H111ClN12O20S4/c1-46-18-17-24-68(115-9)85(113)42-67(116-83(112)96-85)47(2)74-84(5,118-74)69(41-71(103)98(7)64-37-52(34-46)38-66(114-8)72(64)86)117-82(111)48(3)97(6)70(102)31-33-119-120-44-62(75(89)104)93-80(109)63-45-122-121-43-61(92-77(106)58(88)36-50-19-11-10-12-20-50)65(101)40-55(35-51-25-29-56(100)30-26-51)76(105)91-60(39-54-28-27-53-21-13-14-22-57(53)54)79(108)90-59(23-15-16-32-87)78(107)95-73(49(4)99)81(110)94-63/h10-14,17-22,24-26,28-30,37-38,47-49,55,58-63,67-69,73-74,99-100,113H,15-16,23,27,31-36,39-45,87-88H2,1-9H3,(H2,89,104)(H,90,108)(H,91,105)(H,92,106)(H,93,109)(H,94,110)(H,95,107)(H,96,112)/b24-17+,46-18+/t47?,48-,49+,55+,58+,59-,60?,61-,62-,63?,67-,68+,69-,73-,74-,84-,85-/m0/s1. The van der Waals surface area contributed by atoms with Crippen LogP contribution in [-0.2, 0) is 97.4 Å². The van der Waals surface area contributed by atoms with Gasteiger partial charge < -0.3 is 97.9 Å². The van der Waals surface area contributed by atoms with E-state index in [0.29, 0.717) is 30.4 Å². The second-order valence-corrected chi connectivity index (χ2v) is 36.9. The minimum absolute atomic E-state index is 0.0412. The highest BCUT2D eigenvalue weighted by atomic mass is 35.5. The van der Waals surface area contributed by atoms with Crippen LogP contribution >= 0.6 is 54.8 Å². The molecule has 5 aliphatic rings. The molecule has 662 valence electrons. The monoisotopic (exact) mass is 1780 g/mol. The predicted octanol–water partition coefficient (Wildman–Crippen LogP) is 4.71. The molecule has 37 heteroatoms. The van der Waals surface area contributed by atoms with Crippen molar-refractivity contribution in [2.24, 2.45) is 29.0 Å². The zero-order valence-electron chi connectivity index (χ0n) is 69.6. The highest BCUT2D eigenvalue weighted by molar-refractivity contribution is 8.77. The molecule has 0 saturated carbocycles. The second kappa shape index (κ2) is 44.9. The molecule has 0 aromatic heterocycles. The zero-order valence-corrected chi connectivity index (χ0v) is 73.6. The molecule has 4 bridgehead atoms. The number of hydrogen-bond donors (Lipinski definition) is 13. The van der Waals surface area contributed by atoms with Gasteiger partial charge in [-0.05, 0) is 137 Å². The lowest BCUT2D eigenvalue weighted by atomic mass is 9.83. The van der Waals surface area contributed by atoms with E-state index in [9.17, 15) is 58.5 Å². The van der Waals surface area contributed by atoms with Crippen LogP contribution in [-0.4, -0.2) is 239 Å². The molecule has 4 aromatic carbocycles. The van der Waals surface area contributed by atoms with Gasteiger partial charge in [0.15, 0.2) is 11.5 Å². The van der Waals surface area contributed by atoms with Crippen LogP contribution in [0.15, 0.2) is 121 Å². The van der Waals surface area contributed by atoms with E-state index in [0.717, 1.165) is 75.9 Å². The average Bonchev–Trinajstić information content (AvgIpc) is 1.57. The minimum atomic E-state index is -1.95. The van der Waals surface area contributed by atoms with Gasteiger partial charge in [-0.15, -0.1) is 0 Å². The van der Waals surface area contributed by atoms with Crippen molar-refractivity contribution in [3.8, 4) is 11.5 Å². The first-order chi connectivity index (χ1) is 58.0. The SMILES string of the molecule is COc1cc2cc(c1Cl)N(C)C(=O)C[C@H](OC(=O)[C@H](C)N(C)C(=O)CCSSC[C@H](NC(=O)C1CSSC[C@H](NC(=O)[C@H](N)Cc3ccccc3)C(=O)C[C@@H](Cc3ccc(O)cc3)C(=O)NC(CC3=CCc4ccccc43)C(=O)N[C@@H](CCCCN)C(=O)N[C@@H]([C@@H](C)O)C(=O)N1)C(N)=O)[C@]1(C)O[C@H]1C(C)[C@@H]1C[C@@](O)(NC(=O)O1)[C@H](OC)/C=C/C=C(\C)C2. The fourth-order valence-corrected chi connectivity index (χ4v) is 19.6. The number of aromatic hydroxyl groups is 1. The number of benzene rings is 4. The Hall–Kier alpha value is -9.21. The van der Waals surface area contributed by atoms with Crippen molar-refractivity contribution in [2.75, 3.05) is 62.8 Å². The number of epoxide rings is 1. The minimum Gasteiger partial charge on any atom is -0.508 e. The van der Waals surface area contributed by atoms with Gasteiger partial charge in [-0.2, -0.15) is 0 Å². The highest BCUT2D eigenvalue weighted by Crippen LogP contribution is 2.50. The topological polar surface area (TPSA) is 484 Å². The third kappa shape index (κ3) is 26.2. The number of ketones is 1. The van der Waals surface area contributed by atoms with Gasteiger partial charge in [0.25, 0.3) is 0 Å². The second-order valence-electron chi connectivity index (χ2n) is 31.4. The molecule has 3 fully saturated rings. The van der Waals surface area contributed by atoms with Crippen LogP contribution in [0.2, 0.25) is 5.02 Å². The van der Waals surface area contributed by atoms with Crippen molar-refractivity contribution in [2.45, 2.75) is 202 Å². The summed E-state index contributed by atoms with van der Waals surface area (Å²) in [7, 11) is 9.82. The van der Waals surface area contributed by atoms with Gasteiger partial charge in [0.05, 0.1) is 43.5 Å². The molecule has 32 nitrogen and oxygen atoms in total. The van der Waals surface area contributed by atoms with E-state index in [2.05, 4.69) is 37.2 Å². The number of alkyl carbamates (subject to hydrolysis) is 1. The van der Waals surface area contributed by atoms with Gasteiger partial charge in [0.1, 0.15) is 76.7 Å². The molecule has 4 aliphatic heterocycles. The normalized spacial score (nSPS) is 26.9. The van der Waals surface area contributed by atoms with Crippen LogP contribution in [0.25, 0.3) is 5.57 Å². The molecular weight excluding hydrogens is 1670 g/mol. The summed E-state index contributed by atoms with van der Waals surface area (Å²) in [6.45, 7) is 8.10. The number of halogens is 1. The Morgan fingerprint density at radius 2 is 1.56 bits per heavy atom. The number of nitrogens with zero attached hydrogens (tertiary/aromatic N) is 2. The summed E-state index contributed by atoms with van der Waals surface area (Å²) in [5.74, 6) is -11.3. The Labute approximate surface area is 730 Å². The number of aliphatic hydroxyl groups excluding tert-OH is 1. The van der Waals surface area contributed by atoms with Crippen LogP contribution < -0.4 is 64.1 Å². The molecule has 4 aromatic rings. The lowest BCUT2D eigenvalue weighted by Gasteiger charge is -2.42. The number of phenolic OH excluding ortho intramolecular Hbond substituents is 1. The van der Waals surface area contributed by atoms with Crippen molar-refractivity contribution < 1.29 is 96.5 Å². The summed E-state index contributed by atoms with van der Waals surface area (Å²) in [4.78, 5) is 176. The quantitative estimate of drug-likeness (QED) is 0.0166. The zero-order chi connectivity index (χ0) is 88.9. The van der Waals surface area contributed by atoms with Crippen molar-refractivity contribution >= 4 is 137 Å². The molecule has 17 atom stereocenters. The molecular formula is C85H111ClN12O20S4. The number of esters is 1. The number of Topliss-reactive ketones (excluding diaryl/α,β-unsaturated/α-hetero) is 1. The number of likely N-dealkylation sites (N-methyl/N-ethyl adjacent to an activating group) is 1. The number of primary amides is 1. The largest absolute Gasteiger partial charge is 0.508 e. The van der Waals surface area contributed by atoms with E-state index < -0.39 is 186 Å². The van der Waals surface area contributed by atoms with Crippen LogP contribution in [0, 0.1) is 11.8 Å². The van der Waals surface area contributed by atoms with Gasteiger partial charge in [-0.1, -0.05) is 158 Å². The number of carbonyl (C=O) groups is 12. The van der Waals surface area contributed by atoms with Crippen LogP contribution in [0.4, 0.5) is 10.5 Å². The third-order valence-electron chi connectivity index (χ3n) is 22.3. The Morgan fingerprint density at radius 3 is 2.25 bits per heavy atom. The molecule has 1 aliphatic carbocycles. The Balaban J connectivity index is 0.909. The fraction of sp³-hybridized carbons (Fsp3) is 0.506. The van der Waals surface area contributed by atoms with Crippen molar-refractivity contribution in [1.82, 2.24) is 42.1 Å². The number of phenols is 1. The van der Waals surface area contributed by atoms with Crippen molar-refractivity contribution in [3.63, 3.8) is 0 Å². The Bertz CT molecular complexity index is 4530. The molecule has 10 amide bonds. The molecule has 0 spiro atoms. The van der Waals surface area contributed by atoms with E-state index in [1.807, 2.05) is 43.3 Å². The summed E-state index contributed by atoms with van der Waals surface area (Å²) in [6.07, 6.45) is 0.347. The van der Waals surface area contributed by atoms with Crippen LogP contribution in [0.5, 0.6) is 11.5 Å². The smallest absolute Gasteiger partial charge is 0.409 e. The van der Waals surface area contributed by atoms with Gasteiger partial charge in [0.2, 0.25) is 53.2 Å². The van der Waals surface area contributed by atoms with Crippen molar-refractivity contribution in [1.29, 1.82) is 0 Å². The fourth-order valence-electron chi connectivity index (χ4n) is 14.8. The number of fused-ring (bicyclic) bond motifs is 6. The first-order valence-corrected chi connectivity index (χ1v) is 45.6. The molecule has 4 heterocycles. The molecule has 0 radical (unpaired) electrons. The highest BCUT2D eigenvalue weighted by Gasteiger charge is 2.65. The summed E-state index contributed by atoms with van der Waals surface area (Å²) in [6, 6.07) is 14.4. The molecule has 9 rings (SSSR count). The first kappa shape index (κ1) is 96.6. The van der Waals surface area contributed by atoms with Gasteiger partial charge in [0, 0.05) is 81.7 Å². The number of carbonyl (C=O) groups excluding carboxylic acids is 12. The van der Waals surface area contributed by atoms with Gasteiger partial charge in [-0.3, -0.25) is 53.3 Å². The number of amides is 10. The molecule has 16 N–H and O–H groups in total. The maximum absolute atomic E-state index is 15.1. The number of allylic oxidation sites excluding steroid dienone is 4. The van der Waals surface area contributed by atoms with Crippen molar-refractivity contribution in [3.05, 3.63) is 154 Å². The third-order valence-corrected chi connectivity index (χ3v) is 27.5. The number of aliphatic hydroxyl groups is 2. The predicted molar refractivity (Wildman–Crippen MR) is 467 cm³/mol. The number of nitrogens with two attached hydrogens (primary N) is 3. The number of hydrogen-bond acceptors (Lipinski definition) is 26. The van der Waals surface area contributed by atoms with Gasteiger partial charge >= 0.3 is 12.1 Å². The number of rotatable bonds is 27.